The molecule has 0 aromatic rings. The molecule has 1 heterocycles. The minimum Gasteiger partial charge on any atom is -0.395 e. The summed E-state index contributed by atoms with van der Waals surface area (Å²) in [6.45, 7) is 13.6. The fraction of sp³-hybridized carbons (Fsp3) is 1.00. The van der Waals surface area contributed by atoms with E-state index < -0.39 is 0 Å². The van der Waals surface area contributed by atoms with E-state index in [-0.39, 0.29) is 12.6 Å². The Labute approximate surface area is 100 Å². The van der Waals surface area contributed by atoms with Crippen molar-refractivity contribution in [3.63, 3.8) is 0 Å². The van der Waals surface area contributed by atoms with Gasteiger partial charge >= 0.3 is 0 Å². The molecule has 0 radical (unpaired) electrons. The first-order valence-electron chi connectivity index (χ1n) is 6.49. The number of hydrogen-bond acceptors (Lipinski definition) is 3. The zero-order valence-corrected chi connectivity index (χ0v) is 11.3. The first-order chi connectivity index (χ1) is 7.43. The molecule has 1 atom stereocenters. The number of aliphatic hydroxyl groups is 1. The fourth-order valence-corrected chi connectivity index (χ4v) is 2.26. The summed E-state index contributed by atoms with van der Waals surface area (Å²) >= 11 is 0. The summed E-state index contributed by atoms with van der Waals surface area (Å²) in [4.78, 5) is 2.50. The molecule has 3 nitrogen and oxygen atoms in total. The second kappa shape index (κ2) is 5.99. The van der Waals surface area contributed by atoms with Crippen LogP contribution in [0.2, 0.25) is 0 Å². The molecular weight excluding hydrogens is 200 g/mol. The molecule has 1 aliphatic rings. The number of nitrogens with zero attached hydrogens (tertiary/aromatic N) is 1. The second-order valence-corrected chi connectivity index (χ2v) is 6.34. The molecule has 96 valence electrons. The zero-order valence-electron chi connectivity index (χ0n) is 11.3. The van der Waals surface area contributed by atoms with E-state index in [0.29, 0.717) is 5.41 Å². The molecular formula is C13H28N2O. The fourth-order valence-electron chi connectivity index (χ4n) is 2.26. The number of hydrogen-bond donors (Lipinski definition) is 2. The van der Waals surface area contributed by atoms with Gasteiger partial charge in [-0.05, 0) is 24.3 Å². The highest BCUT2D eigenvalue weighted by Crippen LogP contribution is 2.19. The van der Waals surface area contributed by atoms with Crippen LogP contribution in [0.15, 0.2) is 0 Å². The van der Waals surface area contributed by atoms with Crippen LogP contribution in [0.5, 0.6) is 0 Å². The topological polar surface area (TPSA) is 35.5 Å². The van der Waals surface area contributed by atoms with Crippen molar-refractivity contribution in [1.82, 2.24) is 10.2 Å². The van der Waals surface area contributed by atoms with Crippen molar-refractivity contribution in [1.29, 1.82) is 0 Å². The SMILES string of the molecule is CC(C)CCN1CC(CO)NCC(C)(C)C1. The quantitative estimate of drug-likeness (QED) is 0.762. The van der Waals surface area contributed by atoms with E-state index in [1.54, 1.807) is 0 Å². The monoisotopic (exact) mass is 228 g/mol. The third kappa shape index (κ3) is 4.81. The normalized spacial score (nSPS) is 27.0. The van der Waals surface area contributed by atoms with E-state index in [2.05, 4.69) is 37.9 Å². The minimum absolute atomic E-state index is 0.244. The van der Waals surface area contributed by atoms with E-state index in [9.17, 15) is 5.11 Å². The predicted octanol–water partition coefficient (Wildman–Crippen LogP) is 1.32. The average molecular weight is 228 g/mol. The van der Waals surface area contributed by atoms with Crippen molar-refractivity contribution in [3.05, 3.63) is 0 Å². The first-order valence-corrected chi connectivity index (χ1v) is 6.49. The van der Waals surface area contributed by atoms with Gasteiger partial charge in [-0.2, -0.15) is 0 Å². The van der Waals surface area contributed by atoms with Gasteiger partial charge in [-0.1, -0.05) is 27.7 Å². The molecule has 0 amide bonds. The molecule has 16 heavy (non-hydrogen) atoms. The third-order valence-electron chi connectivity index (χ3n) is 3.24. The lowest BCUT2D eigenvalue weighted by atomic mass is 9.93. The van der Waals surface area contributed by atoms with Crippen LogP contribution >= 0.6 is 0 Å². The largest absolute Gasteiger partial charge is 0.395 e. The molecule has 0 aliphatic carbocycles. The Kier molecular flexibility index (Phi) is 5.22. The Balaban J connectivity index is 2.51. The highest BCUT2D eigenvalue weighted by molar-refractivity contribution is 4.85. The highest BCUT2D eigenvalue weighted by Gasteiger charge is 2.28. The molecule has 0 spiro atoms. The summed E-state index contributed by atoms with van der Waals surface area (Å²) in [6.07, 6.45) is 1.24. The molecule has 1 aliphatic heterocycles. The van der Waals surface area contributed by atoms with Crippen molar-refractivity contribution >= 4 is 0 Å². The van der Waals surface area contributed by atoms with Crippen molar-refractivity contribution in [2.75, 3.05) is 32.8 Å². The van der Waals surface area contributed by atoms with Crippen LogP contribution in [-0.2, 0) is 0 Å². The van der Waals surface area contributed by atoms with Crippen LogP contribution in [0.3, 0.4) is 0 Å². The van der Waals surface area contributed by atoms with Gasteiger partial charge < -0.3 is 15.3 Å². The van der Waals surface area contributed by atoms with Crippen molar-refractivity contribution < 1.29 is 5.11 Å². The van der Waals surface area contributed by atoms with Gasteiger partial charge in [0.15, 0.2) is 0 Å². The van der Waals surface area contributed by atoms with Crippen LogP contribution in [-0.4, -0.2) is 48.8 Å². The Hall–Kier alpha value is -0.120. The van der Waals surface area contributed by atoms with Gasteiger partial charge in [0, 0.05) is 25.7 Å². The molecule has 0 bridgehead atoms. The summed E-state index contributed by atoms with van der Waals surface area (Å²) in [5, 5.41) is 12.7. The lowest BCUT2D eigenvalue weighted by Gasteiger charge is -2.29. The summed E-state index contributed by atoms with van der Waals surface area (Å²) in [7, 11) is 0. The van der Waals surface area contributed by atoms with E-state index >= 15 is 0 Å². The smallest absolute Gasteiger partial charge is 0.0597 e. The van der Waals surface area contributed by atoms with Gasteiger partial charge in [0.1, 0.15) is 0 Å². The van der Waals surface area contributed by atoms with Crippen molar-refractivity contribution in [2.45, 2.75) is 40.2 Å². The molecule has 0 aromatic carbocycles. The van der Waals surface area contributed by atoms with E-state index in [1.165, 1.54) is 6.42 Å². The molecule has 0 saturated carbocycles. The maximum atomic E-state index is 9.29. The maximum absolute atomic E-state index is 9.29. The number of rotatable bonds is 4. The summed E-state index contributed by atoms with van der Waals surface area (Å²) in [6, 6.07) is 0.244. The van der Waals surface area contributed by atoms with Gasteiger partial charge in [-0.3, -0.25) is 0 Å². The molecule has 1 rings (SSSR count). The predicted molar refractivity (Wildman–Crippen MR) is 68.6 cm³/mol. The number of nitrogens with one attached hydrogen (secondary N) is 1. The van der Waals surface area contributed by atoms with Crippen LogP contribution < -0.4 is 5.32 Å². The molecule has 3 heteroatoms. The van der Waals surface area contributed by atoms with Crippen LogP contribution in [0.1, 0.15) is 34.1 Å². The van der Waals surface area contributed by atoms with Crippen molar-refractivity contribution in [3.8, 4) is 0 Å². The maximum Gasteiger partial charge on any atom is 0.0597 e. The molecule has 1 fully saturated rings. The number of aliphatic hydroxyl groups excluding tert-OH is 1. The lowest BCUT2D eigenvalue weighted by molar-refractivity contribution is 0.176. The zero-order chi connectivity index (χ0) is 12.2. The summed E-state index contributed by atoms with van der Waals surface area (Å²) < 4.78 is 0. The summed E-state index contributed by atoms with van der Waals surface area (Å²) in [5.74, 6) is 0.756. The van der Waals surface area contributed by atoms with Gasteiger partial charge in [0.05, 0.1) is 6.61 Å². The molecule has 1 unspecified atom stereocenters. The van der Waals surface area contributed by atoms with Gasteiger partial charge in [0.25, 0.3) is 0 Å². The van der Waals surface area contributed by atoms with Crippen LogP contribution in [0, 0.1) is 11.3 Å². The molecule has 2 N–H and O–H groups in total. The lowest BCUT2D eigenvalue weighted by Crippen LogP contribution is -2.40. The van der Waals surface area contributed by atoms with Crippen LogP contribution in [0.4, 0.5) is 0 Å². The van der Waals surface area contributed by atoms with E-state index in [4.69, 9.17) is 0 Å². The van der Waals surface area contributed by atoms with E-state index in [0.717, 1.165) is 32.1 Å². The van der Waals surface area contributed by atoms with Gasteiger partial charge in [-0.25, -0.2) is 0 Å². The third-order valence-corrected chi connectivity index (χ3v) is 3.24. The van der Waals surface area contributed by atoms with E-state index in [1.807, 2.05) is 0 Å². The minimum atomic E-state index is 0.244. The first kappa shape index (κ1) is 13.9. The molecule has 1 saturated heterocycles. The molecule has 0 aromatic heterocycles. The van der Waals surface area contributed by atoms with Gasteiger partial charge in [0.2, 0.25) is 0 Å². The van der Waals surface area contributed by atoms with Gasteiger partial charge in [-0.15, -0.1) is 0 Å². The Morgan fingerprint density at radius 1 is 1.44 bits per heavy atom. The average Bonchev–Trinajstić information content (AvgIpc) is 2.33. The highest BCUT2D eigenvalue weighted by atomic mass is 16.3. The standard InChI is InChI=1S/C13H28N2O/c1-11(2)5-6-15-7-12(8-16)14-9-13(3,4)10-15/h11-12,14,16H,5-10H2,1-4H3. The Bertz CT molecular complexity index is 204. The second-order valence-electron chi connectivity index (χ2n) is 6.34. The summed E-state index contributed by atoms with van der Waals surface area (Å²) in [5.41, 5.74) is 0.306. The van der Waals surface area contributed by atoms with Crippen LogP contribution in [0.25, 0.3) is 0 Å². The Morgan fingerprint density at radius 3 is 2.69 bits per heavy atom. The van der Waals surface area contributed by atoms with Crippen molar-refractivity contribution in [2.24, 2.45) is 11.3 Å². The Morgan fingerprint density at radius 2 is 2.12 bits per heavy atom.